The predicted octanol–water partition coefficient (Wildman–Crippen LogP) is 4.11. The molecular formula is C17H25N3. The maximum atomic E-state index is 4.41. The lowest BCUT2D eigenvalue weighted by molar-refractivity contribution is 0.441. The Balaban J connectivity index is 2.19. The van der Waals surface area contributed by atoms with Crippen molar-refractivity contribution in [2.45, 2.75) is 46.1 Å². The average Bonchev–Trinajstić information content (AvgIpc) is 2.46. The number of rotatable bonds is 7. The molecule has 0 aliphatic heterocycles. The summed E-state index contributed by atoms with van der Waals surface area (Å²) in [5.74, 6) is 0.737. The molecule has 1 N–H and O–H groups in total. The fourth-order valence-electron chi connectivity index (χ4n) is 2.40. The second kappa shape index (κ2) is 7.34. The van der Waals surface area contributed by atoms with Crippen molar-refractivity contribution in [2.75, 3.05) is 6.54 Å². The maximum absolute atomic E-state index is 4.41. The highest BCUT2D eigenvalue weighted by Gasteiger charge is 2.12. The molecule has 0 fully saturated rings. The van der Waals surface area contributed by atoms with E-state index in [1.54, 1.807) is 12.4 Å². The molecule has 2 rings (SSSR count). The molecule has 3 nitrogen and oxygen atoms in total. The molecule has 0 aliphatic rings. The molecule has 0 spiro atoms. The molecule has 1 aromatic heterocycles. The molecule has 108 valence electrons. The monoisotopic (exact) mass is 271 g/mol. The SMILES string of the molecule is CCCNC(CCC(C)C)c1ccc2nccnc2c1. The lowest BCUT2D eigenvalue weighted by Gasteiger charge is -2.20. The van der Waals surface area contributed by atoms with E-state index in [9.17, 15) is 0 Å². The van der Waals surface area contributed by atoms with Gasteiger partial charge in [-0.2, -0.15) is 0 Å². The second-order valence-electron chi connectivity index (χ2n) is 5.78. The number of hydrogen-bond acceptors (Lipinski definition) is 3. The minimum absolute atomic E-state index is 0.420. The number of hydrogen-bond donors (Lipinski definition) is 1. The Morgan fingerprint density at radius 3 is 2.50 bits per heavy atom. The normalized spacial score (nSPS) is 13.0. The van der Waals surface area contributed by atoms with Gasteiger partial charge in [-0.25, -0.2) is 0 Å². The molecule has 0 radical (unpaired) electrons. The first-order valence-electron chi connectivity index (χ1n) is 7.64. The van der Waals surface area contributed by atoms with Crippen molar-refractivity contribution in [3.05, 3.63) is 36.2 Å². The van der Waals surface area contributed by atoms with E-state index in [1.807, 2.05) is 0 Å². The molecule has 1 aromatic carbocycles. The van der Waals surface area contributed by atoms with Crippen LogP contribution in [-0.2, 0) is 0 Å². The molecule has 0 aliphatic carbocycles. The van der Waals surface area contributed by atoms with Gasteiger partial charge in [-0.15, -0.1) is 0 Å². The minimum Gasteiger partial charge on any atom is -0.310 e. The van der Waals surface area contributed by atoms with Crippen LogP contribution in [0.5, 0.6) is 0 Å². The van der Waals surface area contributed by atoms with E-state index in [2.05, 4.69) is 54.3 Å². The van der Waals surface area contributed by atoms with E-state index in [0.717, 1.165) is 29.9 Å². The van der Waals surface area contributed by atoms with Crippen molar-refractivity contribution in [2.24, 2.45) is 5.92 Å². The molecule has 0 saturated heterocycles. The van der Waals surface area contributed by atoms with Crippen molar-refractivity contribution in [3.8, 4) is 0 Å². The number of fused-ring (bicyclic) bond motifs is 1. The van der Waals surface area contributed by atoms with E-state index in [1.165, 1.54) is 18.4 Å². The van der Waals surface area contributed by atoms with E-state index in [4.69, 9.17) is 0 Å². The van der Waals surface area contributed by atoms with Crippen LogP contribution in [0.1, 0.15) is 51.6 Å². The summed E-state index contributed by atoms with van der Waals surface area (Å²) in [4.78, 5) is 8.74. The summed E-state index contributed by atoms with van der Waals surface area (Å²) in [6, 6.07) is 6.86. The first kappa shape index (κ1) is 14.9. The Bertz CT molecular complexity index is 537. The third kappa shape index (κ3) is 4.01. The molecule has 1 atom stereocenters. The summed E-state index contributed by atoms with van der Waals surface area (Å²) in [6.45, 7) is 7.82. The Morgan fingerprint density at radius 1 is 1.05 bits per heavy atom. The zero-order chi connectivity index (χ0) is 14.4. The van der Waals surface area contributed by atoms with Gasteiger partial charge < -0.3 is 5.32 Å². The summed E-state index contributed by atoms with van der Waals surface area (Å²) in [7, 11) is 0. The van der Waals surface area contributed by atoms with Crippen LogP contribution in [-0.4, -0.2) is 16.5 Å². The van der Waals surface area contributed by atoms with Crippen LogP contribution in [0, 0.1) is 5.92 Å². The van der Waals surface area contributed by atoms with Gasteiger partial charge in [0.25, 0.3) is 0 Å². The van der Waals surface area contributed by atoms with Crippen LogP contribution < -0.4 is 5.32 Å². The molecule has 1 unspecified atom stereocenters. The number of nitrogens with zero attached hydrogens (tertiary/aromatic N) is 2. The quantitative estimate of drug-likeness (QED) is 0.823. The van der Waals surface area contributed by atoms with Gasteiger partial charge in [0.1, 0.15) is 0 Å². The highest BCUT2D eigenvalue weighted by Crippen LogP contribution is 2.23. The van der Waals surface area contributed by atoms with Crippen molar-refractivity contribution < 1.29 is 0 Å². The van der Waals surface area contributed by atoms with E-state index < -0.39 is 0 Å². The van der Waals surface area contributed by atoms with Gasteiger partial charge >= 0.3 is 0 Å². The predicted molar refractivity (Wildman–Crippen MR) is 84.6 cm³/mol. The Morgan fingerprint density at radius 2 is 1.80 bits per heavy atom. The van der Waals surface area contributed by atoms with E-state index in [-0.39, 0.29) is 0 Å². The van der Waals surface area contributed by atoms with Crippen LogP contribution in [0.3, 0.4) is 0 Å². The zero-order valence-electron chi connectivity index (χ0n) is 12.8. The number of aromatic nitrogens is 2. The van der Waals surface area contributed by atoms with Crippen molar-refractivity contribution in [1.29, 1.82) is 0 Å². The largest absolute Gasteiger partial charge is 0.310 e. The van der Waals surface area contributed by atoms with Crippen LogP contribution in [0.25, 0.3) is 11.0 Å². The van der Waals surface area contributed by atoms with Crippen LogP contribution in [0.15, 0.2) is 30.6 Å². The molecule has 3 heteroatoms. The van der Waals surface area contributed by atoms with Crippen LogP contribution in [0.2, 0.25) is 0 Å². The van der Waals surface area contributed by atoms with Crippen molar-refractivity contribution in [3.63, 3.8) is 0 Å². The van der Waals surface area contributed by atoms with Crippen LogP contribution in [0.4, 0.5) is 0 Å². The van der Waals surface area contributed by atoms with Gasteiger partial charge in [-0.05, 0) is 49.4 Å². The third-order valence-electron chi connectivity index (χ3n) is 3.57. The maximum Gasteiger partial charge on any atom is 0.0890 e. The van der Waals surface area contributed by atoms with Gasteiger partial charge in [-0.1, -0.05) is 26.8 Å². The smallest absolute Gasteiger partial charge is 0.0890 e. The minimum atomic E-state index is 0.420. The zero-order valence-corrected chi connectivity index (χ0v) is 12.8. The first-order chi connectivity index (χ1) is 9.70. The molecule has 0 amide bonds. The Hall–Kier alpha value is -1.48. The summed E-state index contributed by atoms with van der Waals surface area (Å²) >= 11 is 0. The molecule has 20 heavy (non-hydrogen) atoms. The lowest BCUT2D eigenvalue weighted by Crippen LogP contribution is -2.22. The van der Waals surface area contributed by atoms with Gasteiger partial charge in [0.05, 0.1) is 11.0 Å². The van der Waals surface area contributed by atoms with E-state index in [0.29, 0.717) is 6.04 Å². The highest BCUT2D eigenvalue weighted by molar-refractivity contribution is 5.74. The standard InChI is InChI=1S/C17H25N3/c1-4-9-18-15(7-5-13(2)3)14-6-8-16-17(12-14)20-11-10-19-16/h6,8,10-13,15,18H,4-5,7,9H2,1-3H3. The van der Waals surface area contributed by atoms with Crippen LogP contribution >= 0.6 is 0 Å². The third-order valence-corrected chi connectivity index (χ3v) is 3.57. The summed E-state index contributed by atoms with van der Waals surface area (Å²) in [6.07, 6.45) is 7.07. The van der Waals surface area contributed by atoms with Gasteiger partial charge in [-0.3, -0.25) is 9.97 Å². The van der Waals surface area contributed by atoms with Gasteiger partial charge in [0.2, 0.25) is 0 Å². The van der Waals surface area contributed by atoms with Crippen molar-refractivity contribution in [1.82, 2.24) is 15.3 Å². The molecular weight excluding hydrogens is 246 g/mol. The van der Waals surface area contributed by atoms with Gasteiger partial charge in [0, 0.05) is 18.4 Å². The molecule has 0 saturated carbocycles. The average molecular weight is 271 g/mol. The summed E-state index contributed by atoms with van der Waals surface area (Å²) in [5, 5.41) is 3.66. The Kier molecular flexibility index (Phi) is 5.48. The Labute approximate surface area is 121 Å². The molecule has 2 aromatic rings. The summed E-state index contributed by atoms with van der Waals surface area (Å²) < 4.78 is 0. The fourth-order valence-corrected chi connectivity index (χ4v) is 2.40. The van der Waals surface area contributed by atoms with Crippen molar-refractivity contribution >= 4 is 11.0 Å². The second-order valence-corrected chi connectivity index (χ2v) is 5.78. The first-order valence-corrected chi connectivity index (χ1v) is 7.64. The molecule has 1 heterocycles. The fraction of sp³-hybridized carbons (Fsp3) is 0.529. The summed E-state index contributed by atoms with van der Waals surface area (Å²) in [5.41, 5.74) is 3.28. The van der Waals surface area contributed by atoms with Gasteiger partial charge in [0.15, 0.2) is 0 Å². The number of nitrogens with one attached hydrogen (secondary N) is 1. The number of benzene rings is 1. The topological polar surface area (TPSA) is 37.8 Å². The highest BCUT2D eigenvalue weighted by atomic mass is 14.9. The molecule has 0 bridgehead atoms. The lowest BCUT2D eigenvalue weighted by atomic mass is 9.97. The van der Waals surface area contributed by atoms with E-state index >= 15 is 0 Å².